The quantitative estimate of drug-likeness (QED) is 0.416. The lowest BCUT2D eigenvalue weighted by Crippen LogP contribution is -2.34. The summed E-state index contributed by atoms with van der Waals surface area (Å²) >= 11 is 5.10. The summed E-state index contributed by atoms with van der Waals surface area (Å²) in [5.74, 6) is -0.549. The Kier molecular flexibility index (Phi) is 9.26. The summed E-state index contributed by atoms with van der Waals surface area (Å²) in [7, 11) is 0. The second kappa shape index (κ2) is 12.2. The molecule has 2 aromatic carbocycles. The summed E-state index contributed by atoms with van der Waals surface area (Å²) in [5.41, 5.74) is 1.12. The van der Waals surface area contributed by atoms with Crippen LogP contribution < -0.4 is 20.7 Å². The van der Waals surface area contributed by atoms with Gasteiger partial charge >= 0.3 is 5.97 Å². The Labute approximate surface area is 179 Å². The zero-order valence-electron chi connectivity index (χ0n) is 16.5. The van der Waals surface area contributed by atoms with E-state index in [1.165, 1.54) is 0 Å². The monoisotopic (exact) mass is 429 g/mol. The normalized spacial score (nSPS) is 9.90. The van der Waals surface area contributed by atoms with E-state index < -0.39 is 11.9 Å². The Morgan fingerprint density at radius 1 is 0.900 bits per heavy atom. The Hall–Kier alpha value is -3.46. The molecule has 0 atom stereocenters. The van der Waals surface area contributed by atoms with Gasteiger partial charge in [0.15, 0.2) is 11.7 Å². The molecule has 0 aliphatic rings. The second-order valence-electron chi connectivity index (χ2n) is 6.04. The molecule has 2 aromatic rings. The Bertz CT molecular complexity index is 889. The van der Waals surface area contributed by atoms with Crippen LogP contribution in [0.25, 0.3) is 0 Å². The number of hydrogen-bond acceptors (Lipinski definition) is 6. The summed E-state index contributed by atoms with van der Waals surface area (Å²) in [4.78, 5) is 35.2. The Balaban J connectivity index is 1.78. The number of carbonyl (C=O) groups excluding carboxylic acids is 3. The standard InChI is InChI=1S/C21H23N3O5S/c1-2-28-20(27)12-11-18(25)24-21(30)23-16-8-6-7-15(13-16)22-19(26)14-29-17-9-4-3-5-10-17/h3-10,13H,2,11-12,14H2,1H3,(H,22,26)(H2,23,24,25,30). The number of carbonyl (C=O) groups is 3. The molecule has 0 heterocycles. The van der Waals surface area contributed by atoms with E-state index in [9.17, 15) is 14.4 Å². The maximum absolute atomic E-state index is 12.1. The van der Waals surface area contributed by atoms with E-state index in [0.717, 1.165) is 0 Å². The van der Waals surface area contributed by atoms with Crippen LogP contribution in [0.15, 0.2) is 54.6 Å². The van der Waals surface area contributed by atoms with Crippen molar-refractivity contribution in [3.63, 3.8) is 0 Å². The lowest BCUT2D eigenvalue weighted by atomic mass is 10.2. The molecule has 0 bridgehead atoms. The predicted molar refractivity (Wildman–Crippen MR) is 117 cm³/mol. The molecule has 0 fully saturated rings. The number of anilines is 2. The highest BCUT2D eigenvalue weighted by Crippen LogP contribution is 2.15. The zero-order valence-corrected chi connectivity index (χ0v) is 17.3. The Morgan fingerprint density at radius 3 is 2.30 bits per heavy atom. The fraction of sp³-hybridized carbons (Fsp3) is 0.238. The highest BCUT2D eigenvalue weighted by molar-refractivity contribution is 7.80. The largest absolute Gasteiger partial charge is 0.484 e. The van der Waals surface area contributed by atoms with Crippen molar-refractivity contribution in [2.24, 2.45) is 0 Å². The summed E-state index contributed by atoms with van der Waals surface area (Å²) in [6.07, 6.45) is -0.0486. The number of amides is 2. The molecule has 9 heteroatoms. The molecule has 0 saturated heterocycles. The molecule has 0 aliphatic carbocycles. The summed E-state index contributed by atoms with van der Waals surface area (Å²) in [6, 6.07) is 15.9. The fourth-order valence-electron chi connectivity index (χ4n) is 2.34. The average Bonchev–Trinajstić information content (AvgIpc) is 2.72. The number of rotatable bonds is 9. The van der Waals surface area contributed by atoms with Crippen molar-refractivity contribution in [2.75, 3.05) is 23.8 Å². The SMILES string of the molecule is CCOC(=O)CCC(=O)NC(=S)Nc1cccc(NC(=O)COc2ccccc2)c1. The van der Waals surface area contributed by atoms with Crippen molar-refractivity contribution in [1.82, 2.24) is 5.32 Å². The van der Waals surface area contributed by atoms with Crippen LogP contribution in [0.5, 0.6) is 5.75 Å². The minimum atomic E-state index is -0.439. The summed E-state index contributed by atoms with van der Waals surface area (Å²) < 4.78 is 10.2. The number of nitrogens with one attached hydrogen (secondary N) is 3. The molecule has 2 rings (SSSR count). The molecule has 158 valence electrons. The van der Waals surface area contributed by atoms with Crippen molar-refractivity contribution in [1.29, 1.82) is 0 Å². The van der Waals surface area contributed by atoms with Gasteiger partial charge in [-0.3, -0.25) is 14.4 Å². The van der Waals surface area contributed by atoms with Crippen molar-refractivity contribution in [2.45, 2.75) is 19.8 Å². The van der Waals surface area contributed by atoms with Gasteiger partial charge < -0.3 is 25.4 Å². The number of esters is 1. The van der Waals surface area contributed by atoms with Crippen LogP contribution in [-0.2, 0) is 19.1 Å². The molecule has 2 amide bonds. The predicted octanol–water partition coefficient (Wildman–Crippen LogP) is 2.86. The van der Waals surface area contributed by atoms with Gasteiger partial charge in [0.1, 0.15) is 5.75 Å². The molecule has 0 radical (unpaired) electrons. The van der Waals surface area contributed by atoms with Gasteiger partial charge in [0.05, 0.1) is 13.0 Å². The molecule has 8 nitrogen and oxygen atoms in total. The molecule has 0 unspecified atom stereocenters. The molecule has 3 N–H and O–H groups in total. The van der Waals surface area contributed by atoms with Crippen LogP contribution in [0.4, 0.5) is 11.4 Å². The average molecular weight is 429 g/mol. The maximum atomic E-state index is 12.1. The lowest BCUT2D eigenvalue weighted by molar-refractivity contribution is -0.144. The lowest BCUT2D eigenvalue weighted by Gasteiger charge is -2.11. The topological polar surface area (TPSA) is 106 Å². The molecular formula is C21H23N3O5S. The van der Waals surface area contributed by atoms with Crippen molar-refractivity contribution in [3.8, 4) is 5.75 Å². The fourth-order valence-corrected chi connectivity index (χ4v) is 2.57. The first-order valence-corrected chi connectivity index (χ1v) is 9.71. The van der Waals surface area contributed by atoms with Gasteiger partial charge in [0.25, 0.3) is 5.91 Å². The summed E-state index contributed by atoms with van der Waals surface area (Å²) in [6.45, 7) is 1.84. The molecule has 30 heavy (non-hydrogen) atoms. The van der Waals surface area contributed by atoms with Crippen LogP contribution in [0.3, 0.4) is 0 Å². The highest BCUT2D eigenvalue weighted by Gasteiger charge is 2.10. The molecule has 0 spiro atoms. The number of para-hydroxylation sites is 1. The third kappa shape index (κ3) is 8.70. The van der Waals surface area contributed by atoms with Crippen LogP contribution in [-0.4, -0.2) is 36.1 Å². The first kappa shape index (κ1) is 22.8. The van der Waals surface area contributed by atoms with Crippen LogP contribution in [0, 0.1) is 0 Å². The minimum absolute atomic E-state index is 0.0190. The number of benzene rings is 2. The smallest absolute Gasteiger partial charge is 0.306 e. The van der Waals surface area contributed by atoms with Gasteiger partial charge in [-0.1, -0.05) is 24.3 Å². The van der Waals surface area contributed by atoms with Crippen LogP contribution >= 0.6 is 12.2 Å². The third-order valence-electron chi connectivity index (χ3n) is 3.63. The third-order valence-corrected chi connectivity index (χ3v) is 3.84. The minimum Gasteiger partial charge on any atom is -0.484 e. The maximum Gasteiger partial charge on any atom is 0.306 e. The van der Waals surface area contributed by atoms with Crippen molar-refractivity contribution >= 4 is 46.5 Å². The van der Waals surface area contributed by atoms with Gasteiger partial charge in [0.2, 0.25) is 5.91 Å². The molecular weight excluding hydrogens is 406 g/mol. The van der Waals surface area contributed by atoms with E-state index in [4.69, 9.17) is 21.7 Å². The van der Waals surface area contributed by atoms with Gasteiger partial charge in [-0.05, 0) is 49.5 Å². The Morgan fingerprint density at radius 2 is 1.60 bits per heavy atom. The number of thiocarbonyl (C=S) groups is 1. The van der Waals surface area contributed by atoms with Gasteiger partial charge in [-0.15, -0.1) is 0 Å². The van der Waals surface area contributed by atoms with E-state index in [2.05, 4.69) is 16.0 Å². The highest BCUT2D eigenvalue weighted by atomic mass is 32.1. The van der Waals surface area contributed by atoms with E-state index >= 15 is 0 Å². The van der Waals surface area contributed by atoms with Crippen LogP contribution in [0.2, 0.25) is 0 Å². The van der Waals surface area contributed by atoms with E-state index in [1.54, 1.807) is 43.3 Å². The van der Waals surface area contributed by atoms with E-state index in [-0.39, 0.29) is 37.1 Å². The van der Waals surface area contributed by atoms with Gasteiger partial charge in [0, 0.05) is 17.8 Å². The van der Waals surface area contributed by atoms with Gasteiger partial charge in [-0.25, -0.2) is 0 Å². The van der Waals surface area contributed by atoms with E-state index in [0.29, 0.717) is 17.1 Å². The zero-order chi connectivity index (χ0) is 21.8. The first-order chi connectivity index (χ1) is 14.5. The second-order valence-corrected chi connectivity index (χ2v) is 6.45. The van der Waals surface area contributed by atoms with E-state index in [1.807, 2.05) is 18.2 Å². The van der Waals surface area contributed by atoms with Gasteiger partial charge in [-0.2, -0.15) is 0 Å². The number of hydrogen-bond donors (Lipinski definition) is 3. The van der Waals surface area contributed by atoms with Crippen molar-refractivity contribution < 1.29 is 23.9 Å². The van der Waals surface area contributed by atoms with Crippen LogP contribution in [0.1, 0.15) is 19.8 Å². The first-order valence-electron chi connectivity index (χ1n) is 9.30. The van der Waals surface area contributed by atoms with Crippen molar-refractivity contribution in [3.05, 3.63) is 54.6 Å². The number of ether oxygens (including phenoxy) is 2. The molecule has 0 aromatic heterocycles. The molecule has 0 saturated carbocycles. The molecule has 0 aliphatic heterocycles. The summed E-state index contributed by atoms with van der Waals surface area (Å²) in [5, 5.41) is 8.16.